The maximum Gasteiger partial charge on any atom is 0.277 e. The Hall–Kier alpha value is -3.07. The number of carbonyl (C=O) groups excluding carboxylic acids is 1. The summed E-state index contributed by atoms with van der Waals surface area (Å²) in [6.45, 7) is 0.400. The van der Waals surface area contributed by atoms with E-state index in [4.69, 9.17) is 39.5 Å². The summed E-state index contributed by atoms with van der Waals surface area (Å²) < 4.78 is 21.4. The molecule has 4 rings (SSSR count). The van der Waals surface area contributed by atoms with Crippen LogP contribution in [0.4, 0.5) is 10.2 Å². The highest BCUT2D eigenvalue weighted by Gasteiger charge is 2.15. The molecule has 4 aromatic rings. The number of aromatic nitrogens is 4. The van der Waals surface area contributed by atoms with Crippen LogP contribution in [0.15, 0.2) is 60.9 Å². The minimum atomic E-state index is -0.484. The fourth-order valence-corrected chi connectivity index (χ4v) is 3.45. The predicted molar refractivity (Wildman–Crippen MR) is 120 cm³/mol. The van der Waals surface area contributed by atoms with E-state index in [0.29, 0.717) is 22.3 Å². The van der Waals surface area contributed by atoms with Gasteiger partial charge in [0.2, 0.25) is 0 Å². The second kappa shape index (κ2) is 9.60. The number of carbonyl (C=O) groups is 1. The number of benzene rings is 2. The zero-order chi connectivity index (χ0) is 22.7. The zero-order valence-corrected chi connectivity index (χ0v) is 18.6. The van der Waals surface area contributed by atoms with Gasteiger partial charge in [-0.1, -0.05) is 40.9 Å². The summed E-state index contributed by atoms with van der Waals surface area (Å²) in [5, 5.41) is 12.4. The lowest BCUT2D eigenvalue weighted by molar-refractivity contribution is 0.101. The molecule has 0 saturated heterocycles. The molecule has 2 heterocycles. The largest absolute Gasteiger partial charge is 0.471 e. The molecule has 7 nitrogen and oxygen atoms in total. The first kappa shape index (κ1) is 22.1. The summed E-state index contributed by atoms with van der Waals surface area (Å²) in [5.74, 6) is -0.167. The molecule has 164 valence electrons. The van der Waals surface area contributed by atoms with Crippen molar-refractivity contribution in [1.29, 1.82) is 0 Å². The standard InChI is InChI=1S/C21H15Cl3FN5O2/c22-14-2-1-13(17(23)9-14)10-30-11-18(24)20(28-30)26-21(31)19-7-8-29(27-19)12-32-16-5-3-15(25)4-6-16/h1-9,11H,10,12H2,(H,26,28,31). The van der Waals surface area contributed by atoms with Gasteiger partial charge in [0, 0.05) is 22.4 Å². The summed E-state index contributed by atoms with van der Waals surface area (Å²) >= 11 is 18.3. The number of halogens is 4. The van der Waals surface area contributed by atoms with E-state index in [1.165, 1.54) is 35.0 Å². The molecule has 2 aromatic heterocycles. The summed E-state index contributed by atoms with van der Waals surface area (Å²) in [6, 6.07) is 12.3. The fourth-order valence-electron chi connectivity index (χ4n) is 2.78. The third-order valence-electron chi connectivity index (χ3n) is 4.35. The van der Waals surface area contributed by atoms with E-state index < -0.39 is 5.91 Å². The summed E-state index contributed by atoms with van der Waals surface area (Å²) in [4.78, 5) is 12.5. The molecular formula is C21H15Cl3FN5O2. The fraction of sp³-hybridized carbons (Fsp3) is 0.0952. The van der Waals surface area contributed by atoms with Crippen LogP contribution in [-0.4, -0.2) is 25.5 Å². The lowest BCUT2D eigenvalue weighted by atomic mass is 10.2. The van der Waals surface area contributed by atoms with Gasteiger partial charge in [-0.25, -0.2) is 9.07 Å². The Morgan fingerprint density at radius 2 is 1.78 bits per heavy atom. The number of hydrogen-bond donors (Lipinski definition) is 1. The van der Waals surface area contributed by atoms with Gasteiger partial charge in [-0.05, 0) is 48.0 Å². The van der Waals surface area contributed by atoms with E-state index in [-0.39, 0.29) is 29.1 Å². The van der Waals surface area contributed by atoms with Crippen molar-refractivity contribution in [3.63, 3.8) is 0 Å². The molecule has 0 saturated carbocycles. The molecule has 11 heteroatoms. The molecule has 32 heavy (non-hydrogen) atoms. The summed E-state index contributed by atoms with van der Waals surface area (Å²) in [7, 11) is 0. The maximum absolute atomic E-state index is 12.9. The third kappa shape index (κ3) is 5.40. The van der Waals surface area contributed by atoms with Crippen molar-refractivity contribution in [3.8, 4) is 5.75 Å². The van der Waals surface area contributed by atoms with E-state index in [0.717, 1.165) is 5.56 Å². The van der Waals surface area contributed by atoms with Crippen LogP contribution >= 0.6 is 34.8 Å². The quantitative estimate of drug-likeness (QED) is 0.367. The average Bonchev–Trinajstić information content (AvgIpc) is 3.36. The molecular weight excluding hydrogens is 480 g/mol. The molecule has 0 aliphatic heterocycles. The lowest BCUT2D eigenvalue weighted by Gasteiger charge is -2.06. The Morgan fingerprint density at radius 3 is 2.53 bits per heavy atom. The van der Waals surface area contributed by atoms with Gasteiger partial charge in [0.25, 0.3) is 5.91 Å². The van der Waals surface area contributed by atoms with Crippen molar-refractivity contribution in [1.82, 2.24) is 19.6 Å². The molecule has 1 amide bonds. The minimum absolute atomic E-state index is 0.0517. The van der Waals surface area contributed by atoms with Gasteiger partial charge in [-0.2, -0.15) is 10.2 Å². The highest BCUT2D eigenvalue weighted by molar-refractivity contribution is 6.35. The smallest absolute Gasteiger partial charge is 0.277 e. The zero-order valence-electron chi connectivity index (χ0n) is 16.3. The Bertz CT molecular complexity index is 1260. The predicted octanol–water partition coefficient (Wildman–Crippen LogP) is 5.52. The van der Waals surface area contributed by atoms with Crippen molar-refractivity contribution < 1.29 is 13.9 Å². The van der Waals surface area contributed by atoms with E-state index in [2.05, 4.69) is 15.5 Å². The number of amides is 1. The van der Waals surface area contributed by atoms with Crippen LogP contribution < -0.4 is 10.1 Å². The second-order valence-corrected chi connectivity index (χ2v) is 7.93. The van der Waals surface area contributed by atoms with E-state index in [1.807, 2.05) is 0 Å². The molecule has 0 fully saturated rings. The SMILES string of the molecule is O=C(Nc1nn(Cc2ccc(Cl)cc2Cl)cc1Cl)c1ccn(COc2ccc(F)cc2)n1. The van der Waals surface area contributed by atoms with Crippen molar-refractivity contribution >= 4 is 46.5 Å². The number of nitrogens with zero attached hydrogens (tertiary/aromatic N) is 4. The van der Waals surface area contributed by atoms with Crippen LogP contribution in [0.2, 0.25) is 15.1 Å². The van der Waals surface area contributed by atoms with Crippen LogP contribution in [0.1, 0.15) is 16.1 Å². The molecule has 1 N–H and O–H groups in total. The molecule has 0 radical (unpaired) electrons. The highest BCUT2D eigenvalue weighted by atomic mass is 35.5. The maximum atomic E-state index is 12.9. The molecule has 0 aliphatic carbocycles. The van der Waals surface area contributed by atoms with Gasteiger partial charge in [0.15, 0.2) is 18.2 Å². The van der Waals surface area contributed by atoms with Crippen LogP contribution in [0.3, 0.4) is 0 Å². The van der Waals surface area contributed by atoms with Gasteiger partial charge in [-0.3, -0.25) is 9.48 Å². The van der Waals surface area contributed by atoms with Gasteiger partial charge in [0.05, 0.1) is 6.54 Å². The van der Waals surface area contributed by atoms with E-state index in [1.54, 1.807) is 35.3 Å². The molecule has 0 atom stereocenters. The Morgan fingerprint density at radius 1 is 1.00 bits per heavy atom. The number of nitrogens with one attached hydrogen (secondary N) is 1. The van der Waals surface area contributed by atoms with Crippen LogP contribution in [0.5, 0.6) is 5.75 Å². The van der Waals surface area contributed by atoms with Crippen LogP contribution in [0.25, 0.3) is 0 Å². The topological polar surface area (TPSA) is 74.0 Å². The number of anilines is 1. The molecule has 0 bridgehead atoms. The van der Waals surface area contributed by atoms with Gasteiger partial charge >= 0.3 is 0 Å². The van der Waals surface area contributed by atoms with E-state index in [9.17, 15) is 9.18 Å². The van der Waals surface area contributed by atoms with Gasteiger partial charge in [-0.15, -0.1) is 0 Å². The Labute approximate surface area is 197 Å². The highest BCUT2D eigenvalue weighted by Crippen LogP contribution is 2.24. The lowest BCUT2D eigenvalue weighted by Crippen LogP contribution is -2.15. The Balaban J connectivity index is 1.38. The summed E-state index contributed by atoms with van der Waals surface area (Å²) in [5.41, 5.74) is 0.951. The molecule has 0 spiro atoms. The minimum Gasteiger partial charge on any atom is -0.471 e. The number of ether oxygens (including phenoxy) is 1. The van der Waals surface area contributed by atoms with Crippen molar-refractivity contribution in [3.05, 3.63) is 93.1 Å². The summed E-state index contributed by atoms with van der Waals surface area (Å²) in [6.07, 6.45) is 3.17. The molecule has 0 unspecified atom stereocenters. The van der Waals surface area contributed by atoms with Crippen molar-refractivity contribution in [2.24, 2.45) is 0 Å². The van der Waals surface area contributed by atoms with Crippen molar-refractivity contribution in [2.75, 3.05) is 5.32 Å². The normalized spacial score (nSPS) is 10.9. The van der Waals surface area contributed by atoms with Crippen LogP contribution in [0, 0.1) is 5.82 Å². The monoisotopic (exact) mass is 493 g/mol. The first-order chi connectivity index (χ1) is 15.4. The molecule has 0 aliphatic rings. The van der Waals surface area contributed by atoms with Crippen LogP contribution in [-0.2, 0) is 13.3 Å². The van der Waals surface area contributed by atoms with Gasteiger partial charge in [0.1, 0.15) is 16.6 Å². The second-order valence-electron chi connectivity index (χ2n) is 6.68. The van der Waals surface area contributed by atoms with Gasteiger partial charge < -0.3 is 10.1 Å². The number of rotatable bonds is 7. The molecule has 2 aromatic carbocycles. The average molecular weight is 495 g/mol. The third-order valence-corrected chi connectivity index (χ3v) is 5.21. The first-order valence-electron chi connectivity index (χ1n) is 9.27. The Kier molecular flexibility index (Phi) is 6.64. The first-order valence-corrected chi connectivity index (χ1v) is 10.4. The van der Waals surface area contributed by atoms with Crippen molar-refractivity contribution in [2.45, 2.75) is 13.3 Å². The number of hydrogen-bond acceptors (Lipinski definition) is 4. The van der Waals surface area contributed by atoms with E-state index >= 15 is 0 Å².